The monoisotopic (exact) mass is 141 g/mol. The van der Waals surface area contributed by atoms with Gasteiger partial charge in [-0.2, -0.15) is 0 Å². The number of ether oxygens (including phenoxy) is 1. The predicted molar refractivity (Wildman–Crippen MR) is 38.1 cm³/mol. The lowest BCUT2D eigenvalue weighted by Gasteiger charge is -2.00. The molecule has 0 radical (unpaired) electrons. The summed E-state index contributed by atoms with van der Waals surface area (Å²) in [4.78, 5) is 10.0. The van der Waals surface area contributed by atoms with Crippen LogP contribution in [0.4, 0.5) is 0 Å². The first kappa shape index (κ1) is 8.99. The SMILES string of the molecule is CC(C)OCC#CC(N)=O. The van der Waals surface area contributed by atoms with E-state index in [0.717, 1.165) is 0 Å². The summed E-state index contributed by atoms with van der Waals surface area (Å²) < 4.78 is 5.01. The van der Waals surface area contributed by atoms with Crippen LogP contribution in [0.15, 0.2) is 0 Å². The van der Waals surface area contributed by atoms with Gasteiger partial charge in [0.15, 0.2) is 0 Å². The molecule has 10 heavy (non-hydrogen) atoms. The van der Waals surface area contributed by atoms with Crippen LogP contribution in [0.5, 0.6) is 0 Å². The van der Waals surface area contributed by atoms with Gasteiger partial charge in [0.25, 0.3) is 5.91 Å². The number of amides is 1. The van der Waals surface area contributed by atoms with Crippen LogP contribution in [0.3, 0.4) is 0 Å². The van der Waals surface area contributed by atoms with E-state index in [4.69, 9.17) is 10.5 Å². The van der Waals surface area contributed by atoms with E-state index in [0.29, 0.717) is 0 Å². The van der Waals surface area contributed by atoms with Gasteiger partial charge in [0.2, 0.25) is 0 Å². The van der Waals surface area contributed by atoms with E-state index < -0.39 is 5.91 Å². The van der Waals surface area contributed by atoms with Gasteiger partial charge in [-0.25, -0.2) is 0 Å². The van der Waals surface area contributed by atoms with Crippen molar-refractivity contribution in [2.45, 2.75) is 20.0 Å². The lowest BCUT2D eigenvalue weighted by molar-refractivity contribution is -0.112. The lowest BCUT2D eigenvalue weighted by atomic mass is 10.5. The fourth-order valence-corrected chi connectivity index (χ4v) is 0.332. The number of hydrogen-bond acceptors (Lipinski definition) is 2. The van der Waals surface area contributed by atoms with Crippen molar-refractivity contribution in [3.05, 3.63) is 0 Å². The normalized spacial score (nSPS) is 8.70. The maximum atomic E-state index is 10.0. The Kier molecular flexibility index (Phi) is 4.34. The minimum Gasteiger partial charge on any atom is -0.366 e. The molecule has 0 fully saturated rings. The van der Waals surface area contributed by atoms with E-state index in [1.54, 1.807) is 0 Å². The van der Waals surface area contributed by atoms with E-state index in [2.05, 4.69) is 11.8 Å². The van der Waals surface area contributed by atoms with Gasteiger partial charge in [-0.05, 0) is 19.8 Å². The van der Waals surface area contributed by atoms with Crippen LogP contribution < -0.4 is 5.73 Å². The van der Waals surface area contributed by atoms with E-state index in [1.807, 2.05) is 13.8 Å². The highest BCUT2D eigenvalue weighted by Gasteiger charge is 1.87. The molecule has 1 amide bonds. The fourth-order valence-electron chi connectivity index (χ4n) is 0.332. The van der Waals surface area contributed by atoms with E-state index in [1.165, 1.54) is 0 Å². The van der Waals surface area contributed by atoms with Crippen molar-refractivity contribution in [2.24, 2.45) is 5.73 Å². The molecular formula is C7H11NO2. The summed E-state index contributed by atoms with van der Waals surface area (Å²) >= 11 is 0. The number of hydrogen-bond donors (Lipinski definition) is 1. The molecular weight excluding hydrogens is 130 g/mol. The molecule has 56 valence electrons. The third-order valence-electron chi connectivity index (χ3n) is 0.700. The number of carbonyl (C=O) groups excluding carboxylic acids is 1. The third-order valence-corrected chi connectivity index (χ3v) is 0.700. The van der Waals surface area contributed by atoms with Gasteiger partial charge in [-0.1, -0.05) is 5.92 Å². The second kappa shape index (κ2) is 4.83. The van der Waals surface area contributed by atoms with Crippen LogP contribution >= 0.6 is 0 Å². The molecule has 0 spiro atoms. The Morgan fingerprint density at radius 3 is 2.70 bits per heavy atom. The van der Waals surface area contributed by atoms with E-state index >= 15 is 0 Å². The zero-order valence-corrected chi connectivity index (χ0v) is 6.18. The highest BCUT2D eigenvalue weighted by atomic mass is 16.5. The Labute approximate surface area is 60.5 Å². The molecule has 0 aliphatic heterocycles. The number of rotatable bonds is 2. The summed E-state index contributed by atoms with van der Waals surface area (Å²) in [5.41, 5.74) is 4.74. The molecule has 0 aliphatic rings. The van der Waals surface area contributed by atoms with Crippen molar-refractivity contribution in [3.8, 4) is 11.8 Å². The van der Waals surface area contributed by atoms with Gasteiger partial charge < -0.3 is 10.5 Å². The smallest absolute Gasteiger partial charge is 0.293 e. The second-order valence-electron chi connectivity index (χ2n) is 2.03. The van der Waals surface area contributed by atoms with Crippen LogP contribution in [0, 0.1) is 11.8 Å². The summed E-state index contributed by atoms with van der Waals surface area (Å²) in [6.07, 6.45) is 0.141. The van der Waals surface area contributed by atoms with Crippen molar-refractivity contribution < 1.29 is 9.53 Å². The second-order valence-corrected chi connectivity index (χ2v) is 2.03. The maximum absolute atomic E-state index is 10.0. The average molecular weight is 141 g/mol. The highest BCUT2D eigenvalue weighted by molar-refractivity contribution is 5.91. The molecule has 0 aromatic rings. The fraction of sp³-hybridized carbons (Fsp3) is 0.571. The molecule has 0 saturated heterocycles. The Balaban J connectivity index is 3.38. The molecule has 0 rings (SSSR count). The Morgan fingerprint density at radius 2 is 2.30 bits per heavy atom. The summed E-state index contributed by atoms with van der Waals surface area (Å²) in [6.45, 7) is 4.05. The summed E-state index contributed by atoms with van der Waals surface area (Å²) in [6, 6.07) is 0. The molecule has 3 heteroatoms. The molecule has 0 atom stereocenters. The first-order valence-electron chi connectivity index (χ1n) is 3.03. The van der Waals surface area contributed by atoms with Gasteiger partial charge in [-0.3, -0.25) is 4.79 Å². The first-order valence-corrected chi connectivity index (χ1v) is 3.03. The largest absolute Gasteiger partial charge is 0.366 e. The number of carbonyl (C=O) groups is 1. The van der Waals surface area contributed by atoms with Gasteiger partial charge in [0.05, 0.1) is 6.10 Å². The molecule has 3 nitrogen and oxygen atoms in total. The highest BCUT2D eigenvalue weighted by Crippen LogP contribution is 1.83. The zero-order chi connectivity index (χ0) is 7.98. The molecule has 0 aliphatic carbocycles. The van der Waals surface area contributed by atoms with Crippen molar-refractivity contribution in [2.75, 3.05) is 6.61 Å². The molecule has 2 N–H and O–H groups in total. The number of nitrogens with two attached hydrogens (primary N) is 1. The third kappa shape index (κ3) is 6.99. The predicted octanol–water partition coefficient (Wildman–Crippen LogP) is -0.0999. The van der Waals surface area contributed by atoms with Gasteiger partial charge in [-0.15, -0.1) is 0 Å². The van der Waals surface area contributed by atoms with Crippen LogP contribution in [0.1, 0.15) is 13.8 Å². The van der Waals surface area contributed by atoms with Gasteiger partial charge in [0.1, 0.15) is 6.61 Å². The molecule has 0 bridgehead atoms. The molecule has 0 saturated carbocycles. The quantitative estimate of drug-likeness (QED) is 0.546. The Hall–Kier alpha value is -1.01. The van der Waals surface area contributed by atoms with Crippen LogP contribution in [-0.2, 0) is 9.53 Å². The van der Waals surface area contributed by atoms with Crippen molar-refractivity contribution >= 4 is 5.91 Å². The van der Waals surface area contributed by atoms with Crippen LogP contribution in [-0.4, -0.2) is 18.6 Å². The minimum atomic E-state index is -0.618. The lowest BCUT2D eigenvalue weighted by Crippen LogP contribution is -2.07. The first-order chi connectivity index (χ1) is 4.63. The van der Waals surface area contributed by atoms with Gasteiger partial charge >= 0.3 is 0 Å². The zero-order valence-electron chi connectivity index (χ0n) is 6.18. The Morgan fingerprint density at radius 1 is 1.70 bits per heavy atom. The summed E-state index contributed by atoms with van der Waals surface area (Å²) in [5, 5.41) is 0. The number of primary amides is 1. The molecule has 0 aromatic carbocycles. The average Bonchev–Trinajstić information content (AvgIpc) is 1.79. The van der Waals surface area contributed by atoms with Crippen molar-refractivity contribution in [1.82, 2.24) is 0 Å². The molecule has 0 heterocycles. The van der Waals surface area contributed by atoms with E-state index in [-0.39, 0.29) is 12.7 Å². The molecule has 0 unspecified atom stereocenters. The van der Waals surface area contributed by atoms with Crippen molar-refractivity contribution in [3.63, 3.8) is 0 Å². The molecule has 0 aromatic heterocycles. The summed E-state index contributed by atoms with van der Waals surface area (Å²) in [7, 11) is 0. The van der Waals surface area contributed by atoms with Gasteiger partial charge in [0, 0.05) is 0 Å². The van der Waals surface area contributed by atoms with E-state index in [9.17, 15) is 4.79 Å². The maximum Gasteiger partial charge on any atom is 0.293 e. The van der Waals surface area contributed by atoms with Crippen LogP contribution in [0.2, 0.25) is 0 Å². The van der Waals surface area contributed by atoms with Crippen molar-refractivity contribution in [1.29, 1.82) is 0 Å². The topological polar surface area (TPSA) is 52.3 Å². The summed E-state index contributed by atoms with van der Waals surface area (Å²) in [5.74, 6) is 4.02. The minimum absolute atomic E-state index is 0.141. The van der Waals surface area contributed by atoms with Crippen LogP contribution in [0.25, 0.3) is 0 Å². The standard InChI is InChI=1S/C7H11NO2/c1-6(2)10-5-3-4-7(8)9/h6H,5H2,1-2H3,(H2,8,9). The Bertz CT molecular complexity index is 164.